The van der Waals surface area contributed by atoms with E-state index in [1.165, 1.54) is 12.1 Å². The summed E-state index contributed by atoms with van der Waals surface area (Å²) in [6, 6.07) is 5.43. The molecule has 0 aliphatic carbocycles. The summed E-state index contributed by atoms with van der Waals surface area (Å²) >= 11 is 1.76. The molecule has 0 N–H and O–H groups in total. The van der Waals surface area contributed by atoms with Gasteiger partial charge in [0.2, 0.25) is 5.91 Å². The lowest BCUT2D eigenvalue weighted by Crippen LogP contribution is -2.41. The van der Waals surface area contributed by atoms with E-state index in [1.54, 1.807) is 17.8 Å². The van der Waals surface area contributed by atoms with Crippen molar-refractivity contribution in [1.82, 2.24) is 4.90 Å². The monoisotopic (exact) mass is 344 g/mol. The molecule has 0 bridgehead atoms. The van der Waals surface area contributed by atoms with E-state index >= 15 is 0 Å². The Bertz CT molecular complexity index is 565. The molecular weight excluding hydrogens is 325 g/mol. The van der Waals surface area contributed by atoms with Crippen LogP contribution in [0, 0.1) is 5.92 Å². The number of amides is 1. The first-order chi connectivity index (χ1) is 10.9. The molecule has 0 saturated carbocycles. The van der Waals surface area contributed by atoms with Gasteiger partial charge in [-0.1, -0.05) is 6.07 Å². The number of carbonyl (C=O) groups excluding carboxylic acids is 1. The Hall–Kier alpha value is -1.37. The van der Waals surface area contributed by atoms with Gasteiger partial charge in [0.25, 0.3) is 0 Å². The number of anilines is 1. The van der Waals surface area contributed by atoms with E-state index in [0.717, 1.165) is 24.2 Å². The Morgan fingerprint density at radius 1 is 1.17 bits per heavy atom. The van der Waals surface area contributed by atoms with E-state index < -0.39 is 11.7 Å². The predicted octanol–water partition coefficient (Wildman–Crippen LogP) is 3.45. The highest BCUT2D eigenvalue weighted by atomic mass is 32.2. The summed E-state index contributed by atoms with van der Waals surface area (Å²) < 4.78 is 38.4. The van der Waals surface area contributed by atoms with Gasteiger partial charge in [0.1, 0.15) is 0 Å². The molecule has 0 spiro atoms. The molecule has 1 aromatic carbocycles. The summed E-state index contributed by atoms with van der Waals surface area (Å²) in [4.78, 5) is 16.2. The first kappa shape index (κ1) is 16.5. The molecule has 0 atom stereocenters. The van der Waals surface area contributed by atoms with Crippen LogP contribution < -0.4 is 4.90 Å². The number of nitrogens with zero attached hydrogens (tertiary/aromatic N) is 2. The van der Waals surface area contributed by atoms with Crippen molar-refractivity contribution in [2.75, 3.05) is 36.2 Å². The van der Waals surface area contributed by atoms with E-state index in [9.17, 15) is 18.0 Å². The van der Waals surface area contributed by atoms with Crippen LogP contribution >= 0.6 is 11.8 Å². The molecule has 2 aliphatic heterocycles. The molecule has 2 fully saturated rings. The van der Waals surface area contributed by atoms with Crippen LogP contribution in [0.25, 0.3) is 0 Å². The number of hydrogen-bond acceptors (Lipinski definition) is 3. The number of piperidine rings is 1. The average molecular weight is 344 g/mol. The van der Waals surface area contributed by atoms with E-state index in [0.29, 0.717) is 31.6 Å². The van der Waals surface area contributed by atoms with Crippen molar-refractivity contribution in [2.24, 2.45) is 5.92 Å². The van der Waals surface area contributed by atoms with Crippen LogP contribution in [0.3, 0.4) is 0 Å². The van der Waals surface area contributed by atoms with Gasteiger partial charge in [0, 0.05) is 37.0 Å². The number of carbonyl (C=O) groups is 1. The minimum atomic E-state index is -4.32. The van der Waals surface area contributed by atoms with E-state index in [1.807, 2.05) is 9.80 Å². The molecule has 0 unspecified atom stereocenters. The minimum Gasteiger partial charge on any atom is -0.371 e. The lowest BCUT2D eigenvalue weighted by atomic mass is 9.95. The minimum absolute atomic E-state index is 0.00995. The maximum absolute atomic E-state index is 12.8. The molecule has 3 rings (SSSR count). The summed E-state index contributed by atoms with van der Waals surface area (Å²) in [7, 11) is 0. The average Bonchev–Trinajstić information content (AvgIpc) is 3.08. The Balaban J connectivity index is 1.61. The van der Waals surface area contributed by atoms with Gasteiger partial charge in [-0.25, -0.2) is 0 Å². The van der Waals surface area contributed by atoms with Crippen LogP contribution in [-0.2, 0) is 11.0 Å². The normalized spacial score (nSPS) is 20.1. The summed E-state index contributed by atoms with van der Waals surface area (Å²) in [5, 5.41) is 0. The largest absolute Gasteiger partial charge is 0.416 e. The van der Waals surface area contributed by atoms with Gasteiger partial charge < -0.3 is 9.80 Å². The third kappa shape index (κ3) is 3.76. The van der Waals surface area contributed by atoms with Gasteiger partial charge in [0.05, 0.1) is 11.4 Å². The molecule has 0 aromatic heterocycles. The van der Waals surface area contributed by atoms with Gasteiger partial charge in [-0.15, -0.1) is 11.8 Å². The van der Waals surface area contributed by atoms with Crippen molar-refractivity contribution < 1.29 is 18.0 Å². The first-order valence-corrected chi connectivity index (χ1v) is 8.89. The van der Waals surface area contributed by atoms with Crippen molar-refractivity contribution in [3.63, 3.8) is 0 Å². The molecule has 1 aromatic rings. The lowest BCUT2D eigenvalue weighted by molar-refractivity contribution is -0.137. The lowest BCUT2D eigenvalue weighted by Gasteiger charge is -2.34. The van der Waals surface area contributed by atoms with E-state index in [4.69, 9.17) is 0 Å². The molecular formula is C16H19F3N2OS. The number of benzene rings is 1. The van der Waals surface area contributed by atoms with Crippen LogP contribution in [0.1, 0.15) is 18.4 Å². The molecule has 3 nitrogen and oxygen atoms in total. The Kier molecular flexibility index (Phi) is 4.75. The second-order valence-corrected chi connectivity index (χ2v) is 7.02. The van der Waals surface area contributed by atoms with Crippen LogP contribution in [0.15, 0.2) is 24.3 Å². The number of halogens is 3. The molecule has 2 saturated heterocycles. The molecule has 7 heteroatoms. The highest BCUT2D eigenvalue weighted by Crippen LogP contribution is 2.33. The van der Waals surface area contributed by atoms with Crippen LogP contribution in [0.5, 0.6) is 0 Å². The van der Waals surface area contributed by atoms with Gasteiger partial charge in [-0.2, -0.15) is 13.2 Å². The van der Waals surface area contributed by atoms with Crippen molar-refractivity contribution in [3.05, 3.63) is 29.8 Å². The van der Waals surface area contributed by atoms with Gasteiger partial charge >= 0.3 is 6.18 Å². The summed E-state index contributed by atoms with van der Waals surface area (Å²) in [6.45, 7) is 2.06. The van der Waals surface area contributed by atoms with Crippen LogP contribution in [0.2, 0.25) is 0 Å². The maximum atomic E-state index is 12.8. The fraction of sp³-hybridized carbons (Fsp3) is 0.562. The van der Waals surface area contributed by atoms with Crippen molar-refractivity contribution in [1.29, 1.82) is 0 Å². The molecule has 23 heavy (non-hydrogen) atoms. The molecule has 126 valence electrons. The Morgan fingerprint density at radius 2 is 1.91 bits per heavy atom. The Morgan fingerprint density at radius 3 is 2.52 bits per heavy atom. The standard InChI is InChI=1S/C16H19F3N2OS/c17-16(18,19)13-2-1-3-14(10-13)20-6-4-12(5-7-20)15(22)21-8-9-23-11-21/h1-3,10,12H,4-9,11H2. The zero-order valence-electron chi connectivity index (χ0n) is 12.7. The zero-order chi connectivity index (χ0) is 16.4. The fourth-order valence-corrected chi connectivity index (χ4v) is 4.06. The van der Waals surface area contributed by atoms with Gasteiger partial charge in [-0.3, -0.25) is 4.79 Å². The van der Waals surface area contributed by atoms with E-state index in [-0.39, 0.29) is 11.8 Å². The number of rotatable bonds is 2. The highest BCUT2D eigenvalue weighted by molar-refractivity contribution is 7.99. The maximum Gasteiger partial charge on any atom is 0.416 e. The van der Waals surface area contributed by atoms with Crippen molar-refractivity contribution in [2.45, 2.75) is 19.0 Å². The van der Waals surface area contributed by atoms with Crippen molar-refractivity contribution >= 4 is 23.4 Å². The second-order valence-electron chi connectivity index (χ2n) is 5.95. The third-order valence-electron chi connectivity index (χ3n) is 4.45. The predicted molar refractivity (Wildman–Crippen MR) is 85.4 cm³/mol. The smallest absolute Gasteiger partial charge is 0.371 e. The summed E-state index contributed by atoms with van der Waals surface area (Å²) in [5.74, 6) is 1.98. The molecule has 0 radical (unpaired) electrons. The number of hydrogen-bond donors (Lipinski definition) is 0. The zero-order valence-corrected chi connectivity index (χ0v) is 13.5. The third-order valence-corrected chi connectivity index (χ3v) is 5.41. The topological polar surface area (TPSA) is 23.6 Å². The van der Waals surface area contributed by atoms with Crippen LogP contribution in [0.4, 0.5) is 18.9 Å². The van der Waals surface area contributed by atoms with Crippen molar-refractivity contribution in [3.8, 4) is 0 Å². The first-order valence-electron chi connectivity index (χ1n) is 7.74. The highest BCUT2D eigenvalue weighted by Gasteiger charge is 2.32. The molecule has 1 amide bonds. The van der Waals surface area contributed by atoms with Crippen LogP contribution in [-0.4, -0.2) is 42.1 Å². The number of alkyl halides is 3. The molecule has 2 aliphatic rings. The van der Waals surface area contributed by atoms with E-state index in [2.05, 4.69) is 0 Å². The summed E-state index contributed by atoms with van der Waals surface area (Å²) in [5.41, 5.74) is -0.0373. The van der Waals surface area contributed by atoms with Gasteiger partial charge in [0.15, 0.2) is 0 Å². The van der Waals surface area contributed by atoms with Gasteiger partial charge in [-0.05, 0) is 31.0 Å². The number of thioether (sulfide) groups is 1. The Labute approximate surface area is 137 Å². The fourth-order valence-electron chi connectivity index (χ4n) is 3.11. The molecule has 2 heterocycles. The summed E-state index contributed by atoms with van der Waals surface area (Å²) in [6.07, 6.45) is -2.91. The quantitative estimate of drug-likeness (QED) is 0.821. The second kappa shape index (κ2) is 6.63. The SMILES string of the molecule is O=C(C1CCN(c2cccc(C(F)(F)F)c2)CC1)N1CCSC1.